The maximum atomic E-state index is 13.0. The van der Waals surface area contributed by atoms with Gasteiger partial charge in [-0.1, -0.05) is 351 Å². The molecule has 18 heteroatoms. The van der Waals surface area contributed by atoms with E-state index in [1.54, 1.807) is 0 Å². The van der Waals surface area contributed by atoms with E-state index in [-0.39, 0.29) is 19.3 Å². The maximum Gasteiger partial charge on any atom is 0.472 e. The summed E-state index contributed by atoms with van der Waals surface area (Å²) in [7, 11) is -9.82. The highest BCUT2D eigenvalue weighted by Crippen LogP contribution is 2.45. The van der Waals surface area contributed by atoms with Gasteiger partial charge < -0.3 is 34.2 Å². The molecular weight excluding hydrogens is 1460 g/mol. The van der Waals surface area contributed by atoms with Crippen LogP contribution in [0.15, 0.2) is 182 Å². The van der Waals surface area contributed by atoms with Crippen LogP contribution in [0.25, 0.3) is 0 Å². The highest BCUT2D eigenvalue weighted by atomic mass is 31.2. The van der Waals surface area contributed by atoms with E-state index in [9.17, 15) is 43.5 Å². The average Bonchev–Trinajstić information content (AvgIpc) is 0.901. The Kier molecular flexibility index (Phi) is 81.9. The smallest absolute Gasteiger partial charge is 0.463 e. The molecule has 0 saturated heterocycles. The monoisotopic (exact) mass is 1620 g/mol. The summed E-state index contributed by atoms with van der Waals surface area (Å²) in [6, 6.07) is 0. The number of hydrogen-bond donors (Lipinski definition) is 4. The second-order valence-corrected chi connectivity index (χ2v) is 31.8. The van der Waals surface area contributed by atoms with Crippen LogP contribution in [0.1, 0.15) is 342 Å². The second-order valence-electron chi connectivity index (χ2n) is 28.9. The Balaban J connectivity index is 4.56. The van der Waals surface area contributed by atoms with Crippen molar-refractivity contribution in [1.29, 1.82) is 0 Å². The molecule has 0 radical (unpaired) electrons. The zero-order chi connectivity index (χ0) is 82.2. The van der Waals surface area contributed by atoms with Crippen molar-refractivity contribution in [3.63, 3.8) is 0 Å². The fourth-order valence-corrected chi connectivity index (χ4v) is 13.1. The van der Waals surface area contributed by atoms with Gasteiger partial charge in [-0.25, -0.2) is 9.13 Å². The third-order valence-electron chi connectivity index (χ3n) is 18.1. The van der Waals surface area contributed by atoms with Gasteiger partial charge in [0.1, 0.15) is 25.4 Å². The van der Waals surface area contributed by atoms with Crippen LogP contribution in [0.2, 0.25) is 0 Å². The number of ether oxygens (including phenoxy) is 3. The summed E-state index contributed by atoms with van der Waals surface area (Å²) >= 11 is 0. The standard InChI is InChI=1S/C95H158O16P2/c1-4-7-10-13-16-19-22-25-28-31-33-35-37-39-41-43-44-46-48-49-51-53-55-58-60-63-66-69-72-75-78-81-93(98)105-84-90(96)85-107-112(101,102)108-86-91(97)87-109-113(103,104)110-89-92(111-95(100)83-80-77-74-71-68-65-62-57-30-27-24-21-18-15-12-9-6-3)88-106-94(99)82-79-76-73-70-67-64-61-59-56-54-52-50-47-45-42-40-38-36-34-32-29-26-23-20-17-14-11-8-5-2/h7-12,16-21,25-30,33-36,39-42,44,46,62,65,90-92,96-97H,4-6,13-15,22-24,31-32,37-38,43,45,47-61,63-64,66-89H2,1-3H3,(H,101,102)(H,103,104)/b10-7-,11-8-,12-9-,19-16-,20-17-,21-18-,28-25-,29-26-,30-27-,35-33-,36-34-,41-39-,42-40-,46-44-,65-62-. The number of phosphoric ester groups is 2. The fourth-order valence-electron chi connectivity index (χ4n) is 11.5. The van der Waals surface area contributed by atoms with Gasteiger partial charge in [-0.15, -0.1) is 0 Å². The molecule has 4 N–H and O–H groups in total. The lowest BCUT2D eigenvalue weighted by Crippen LogP contribution is -2.30. The van der Waals surface area contributed by atoms with Crippen molar-refractivity contribution in [3.8, 4) is 0 Å². The number of hydrogen-bond acceptors (Lipinski definition) is 14. The van der Waals surface area contributed by atoms with Crippen molar-refractivity contribution in [1.82, 2.24) is 0 Å². The van der Waals surface area contributed by atoms with Gasteiger partial charge in [0.15, 0.2) is 6.10 Å². The largest absolute Gasteiger partial charge is 0.472 e. The number of rotatable bonds is 82. The van der Waals surface area contributed by atoms with Gasteiger partial charge in [0.25, 0.3) is 0 Å². The molecule has 113 heavy (non-hydrogen) atoms. The van der Waals surface area contributed by atoms with E-state index < -0.39 is 91.5 Å². The summed E-state index contributed by atoms with van der Waals surface area (Å²) in [5, 5.41) is 20.7. The van der Waals surface area contributed by atoms with Crippen molar-refractivity contribution in [2.75, 3.05) is 39.6 Å². The lowest BCUT2D eigenvalue weighted by atomic mass is 10.0. The van der Waals surface area contributed by atoms with E-state index in [2.05, 4.69) is 203 Å². The zero-order valence-corrected chi connectivity index (χ0v) is 72.5. The minimum atomic E-state index is -4.95. The molecule has 0 spiro atoms. The molecule has 0 aliphatic carbocycles. The molecule has 0 bridgehead atoms. The number of aliphatic hydroxyl groups is 2. The first kappa shape index (κ1) is 108. The van der Waals surface area contributed by atoms with Crippen LogP contribution >= 0.6 is 15.6 Å². The minimum absolute atomic E-state index is 0.0719. The van der Waals surface area contributed by atoms with Crippen LogP contribution in [0.5, 0.6) is 0 Å². The second kappa shape index (κ2) is 86.0. The number of carbonyl (C=O) groups is 3. The molecule has 0 rings (SSSR count). The molecule has 0 heterocycles. The third-order valence-corrected chi connectivity index (χ3v) is 20.0. The Labute approximate surface area is 687 Å². The van der Waals surface area contributed by atoms with E-state index in [1.165, 1.54) is 103 Å². The lowest BCUT2D eigenvalue weighted by Gasteiger charge is -2.21. The molecule has 5 unspecified atom stereocenters. The van der Waals surface area contributed by atoms with E-state index in [0.717, 1.165) is 180 Å². The number of allylic oxidation sites excluding steroid dienone is 30. The Morgan fingerprint density at radius 1 is 0.248 bits per heavy atom. The van der Waals surface area contributed by atoms with Gasteiger partial charge in [0.05, 0.1) is 26.4 Å². The van der Waals surface area contributed by atoms with E-state index in [0.29, 0.717) is 19.3 Å². The van der Waals surface area contributed by atoms with Crippen molar-refractivity contribution in [3.05, 3.63) is 182 Å². The van der Waals surface area contributed by atoms with Gasteiger partial charge in [-0.05, 0) is 154 Å². The number of carbonyl (C=O) groups excluding carboxylic acids is 3. The SMILES string of the molecule is CC/C=C\C/C=C\C/C=C\C/C=C\C/C=C\C/C=C\CCCCCCCCCCCCCCC(=O)OCC(O)COP(=O)(O)OCC(O)COP(=O)(O)OCC(COC(=O)CCCCCCCCCCCCCCC/C=C\C/C=C\C/C=C\C/C=C\C/C=C\CC)OC(=O)CCCCCC/C=C\C/C=C\C/C=C\C/C=C\CC. The average molecular weight is 1620 g/mol. The Bertz CT molecular complexity index is 2780. The van der Waals surface area contributed by atoms with Crippen molar-refractivity contribution < 1.29 is 75.8 Å². The van der Waals surface area contributed by atoms with Crippen LogP contribution in [-0.4, -0.2) is 95.9 Å². The van der Waals surface area contributed by atoms with Gasteiger partial charge in [0.2, 0.25) is 0 Å². The molecule has 0 amide bonds. The summed E-state index contributed by atoms with van der Waals surface area (Å²) in [6.07, 6.45) is 112. The van der Waals surface area contributed by atoms with Gasteiger partial charge in [0, 0.05) is 19.3 Å². The van der Waals surface area contributed by atoms with Crippen LogP contribution in [0, 0.1) is 0 Å². The molecule has 0 aromatic rings. The van der Waals surface area contributed by atoms with Crippen molar-refractivity contribution >= 4 is 33.6 Å². The molecule has 5 atom stereocenters. The predicted molar refractivity (Wildman–Crippen MR) is 472 cm³/mol. The normalized spacial score (nSPS) is 14.7. The summed E-state index contributed by atoms with van der Waals surface area (Å²) in [6.45, 7) is 2.33. The third kappa shape index (κ3) is 87.3. The molecule has 0 aliphatic heterocycles. The molecule has 16 nitrogen and oxygen atoms in total. The number of esters is 3. The van der Waals surface area contributed by atoms with E-state index in [1.807, 2.05) is 0 Å². The highest BCUT2D eigenvalue weighted by molar-refractivity contribution is 7.47. The van der Waals surface area contributed by atoms with Crippen LogP contribution in [0.4, 0.5) is 0 Å². The van der Waals surface area contributed by atoms with E-state index >= 15 is 0 Å². The number of phosphoric acid groups is 2. The van der Waals surface area contributed by atoms with Crippen molar-refractivity contribution in [2.45, 2.75) is 360 Å². The molecule has 0 aromatic heterocycles. The summed E-state index contributed by atoms with van der Waals surface area (Å²) in [4.78, 5) is 58.9. The van der Waals surface area contributed by atoms with Gasteiger partial charge in [-0.2, -0.15) is 0 Å². The van der Waals surface area contributed by atoms with Gasteiger partial charge in [-0.3, -0.25) is 32.5 Å². The molecule has 644 valence electrons. The first-order valence-corrected chi connectivity index (χ1v) is 47.1. The van der Waals surface area contributed by atoms with Crippen LogP contribution < -0.4 is 0 Å². The number of unbranched alkanes of at least 4 members (excludes halogenated alkanes) is 29. The number of aliphatic hydroxyl groups excluding tert-OH is 2. The zero-order valence-electron chi connectivity index (χ0n) is 70.7. The maximum absolute atomic E-state index is 13.0. The predicted octanol–water partition coefficient (Wildman–Crippen LogP) is 26.9. The van der Waals surface area contributed by atoms with Gasteiger partial charge >= 0.3 is 33.6 Å². The van der Waals surface area contributed by atoms with Crippen LogP contribution in [-0.2, 0) is 55.8 Å². The Morgan fingerprint density at radius 3 is 0.699 bits per heavy atom. The molecule has 0 fully saturated rings. The first-order chi connectivity index (χ1) is 55.2. The molecule has 0 aliphatic rings. The van der Waals surface area contributed by atoms with Crippen molar-refractivity contribution in [2.24, 2.45) is 0 Å². The lowest BCUT2D eigenvalue weighted by molar-refractivity contribution is -0.161. The Morgan fingerprint density at radius 2 is 0.442 bits per heavy atom. The summed E-state index contributed by atoms with van der Waals surface area (Å²) < 4.78 is 61.3. The molecular formula is C95H158O16P2. The summed E-state index contributed by atoms with van der Waals surface area (Å²) in [5.41, 5.74) is 0. The fraction of sp³-hybridized carbons (Fsp3) is 0.653. The molecule has 0 aromatic carbocycles. The molecule has 0 saturated carbocycles. The highest BCUT2D eigenvalue weighted by Gasteiger charge is 2.29. The van der Waals surface area contributed by atoms with E-state index in [4.69, 9.17) is 32.3 Å². The quantitative estimate of drug-likeness (QED) is 0.0146. The Hall–Kier alpha value is -5.35. The minimum Gasteiger partial charge on any atom is -0.463 e. The van der Waals surface area contributed by atoms with Crippen LogP contribution in [0.3, 0.4) is 0 Å². The first-order valence-electron chi connectivity index (χ1n) is 44.1. The topological polar surface area (TPSA) is 231 Å². The summed E-state index contributed by atoms with van der Waals surface area (Å²) in [5.74, 6) is -1.61.